The quantitative estimate of drug-likeness (QED) is 0.554. The van der Waals surface area contributed by atoms with Gasteiger partial charge in [0, 0.05) is 43.1 Å². The number of hydrogen-bond acceptors (Lipinski definition) is 3. The first-order valence-corrected chi connectivity index (χ1v) is 11.0. The van der Waals surface area contributed by atoms with Gasteiger partial charge in [0.15, 0.2) is 0 Å². The standard InChI is InChI=1S/C27H30FN3O/c1-19-17-24(31-16-15-25(18-31)29(2)3)13-14-26(19)30(4)27(32)22-7-5-20(6-8-22)21-9-11-23(28)12-10-21/h5-14,17,25H,15-16,18H2,1-4H3. The van der Waals surface area contributed by atoms with Crippen LogP contribution in [0.1, 0.15) is 22.3 Å². The second-order valence-corrected chi connectivity index (χ2v) is 8.77. The number of benzene rings is 3. The predicted octanol–water partition coefficient (Wildman–Crippen LogP) is 5.22. The molecule has 5 heteroatoms. The highest BCUT2D eigenvalue weighted by Crippen LogP contribution is 2.29. The number of aryl methyl sites for hydroxylation is 1. The molecule has 32 heavy (non-hydrogen) atoms. The molecule has 0 aromatic heterocycles. The van der Waals surface area contributed by atoms with Crippen LogP contribution in [0.4, 0.5) is 15.8 Å². The lowest BCUT2D eigenvalue weighted by Crippen LogP contribution is -2.31. The lowest BCUT2D eigenvalue weighted by molar-refractivity contribution is 0.0993. The Morgan fingerprint density at radius 1 is 0.938 bits per heavy atom. The van der Waals surface area contributed by atoms with Gasteiger partial charge >= 0.3 is 0 Å². The summed E-state index contributed by atoms with van der Waals surface area (Å²) in [4.78, 5) is 19.5. The Morgan fingerprint density at radius 3 is 2.12 bits per heavy atom. The van der Waals surface area contributed by atoms with E-state index in [1.54, 1.807) is 17.0 Å². The molecule has 1 aliphatic rings. The average molecular weight is 432 g/mol. The monoisotopic (exact) mass is 431 g/mol. The Kier molecular flexibility index (Phi) is 6.28. The summed E-state index contributed by atoms with van der Waals surface area (Å²) in [6, 6.07) is 20.7. The second kappa shape index (κ2) is 9.13. The largest absolute Gasteiger partial charge is 0.370 e. The van der Waals surface area contributed by atoms with Crippen molar-refractivity contribution in [1.82, 2.24) is 4.90 Å². The van der Waals surface area contributed by atoms with Crippen LogP contribution < -0.4 is 9.80 Å². The third kappa shape index (κ3) is 4.53. The van der Waals surface area contributed by atoms with Gasteiger partial charge in [-0.05, 0) is 86.6 Å². The van der Waals surface area contributed by atoms with E-state index in [1.165, 1.54) is 24.2 Å². The van der Waals surface area contributed by atoms with Crippen LogP contribution in [0, 0.1) is 12.7 Å². The highest BCUT2D eigenvalue weighted by molar-refractivity contribution is 6.06. The number of rotatable bonds is 5. The molecule has 0 bridgehead atoms. The summed E-state index contributed by atoms with van der Waals surface area (Å²) < 4.78 is 13.2. The zero-order valence-electron chi connectivity index (χ0n) is 19.2. The van der Waals surface area contributed by atoms with E-state index in [1.807, 2.05) is 37.4 Å². The smallest absolute Gasteiger partial charge is 0.258 e. The fourth-order valence-corrected chi connectivity index (χ4v) is 4.36. The lowest BCUT2D eigenvalue weighted by Gasteiger charge is -2.24. The summed E-state index contributed by atoms with van der Waals surface area (Å²) in [5.74, 6) is -0.314. The molecule has 0 N–H and O–H groups in total. The van der Waals surface area contributed by atoms with E-state index in [0.29, 0.717) is 11.6 Å². The molecular weight excluding hydrogens is 401 g/mol. The van der Waals surface area contributed by atoms with Crippen molar-refractivity contribution in [2.45, 2.75) is 19.4 Å². The summed E-state index contributed by atoms with van der Waals surface area (Å²) in [7, 11) is 6.08. The van der Waals surface area contributed by atoms with Gasteiger partial charge in [-0.3, -0.25) is 4.79 Å². The van der Waals surface area contributed by atoms with Gasteiger partial charge in [0.05, 0.1) is 0 Å². The number of anilines is 2. The zero-order chi connectivity index (χ0) is 22.8. The molecule has 0 saturated carbocycles. The number of hydrogen-bond donors (Lipinski definition) is 0. The summed E-state index contributed by atoms with van der Waals surface area (Å²) in [5, 5.41) is 0. The van der Waals surface area contributed by atoms with Gasteiger partial charge in [-0.2, -0.15) is 0 Å². The molecule has 4 nitrogen and oxygen atoms in total. The Hall–Kier alpha value is -3.18. The molecule has 166 valence electrons. The van der Waals surface area contributed by atoms with Gasteiger partial charge in [0.2, 0.25) is 0 Å². The van der Waals surface area contributed by atoms with Crippen molar-refractivity contribution in [2.24, 2.45) is 0 Å². The van der Waals surface area contributed by atoms with Crippen molar-refractivity contribution < 1.29 is 9.18 Å². The van der Waals surface area contributed by atoms with Gasteiger partial charge in [-0.15, -0.1) is 0 Å². The van der Waals surface area contributed by atoms with Crippen molar-refractivity contribution >= 4 is 17.3 Å². The molecule has 0 spiro atoms. The molecule has 1 fully saturated rings. The van der Waals surface area contributed by atoms with Gasteiger partial charge in [-0.25, -0.2) is 4.39 Å². The Balaban J connectivity index is 1.48. The van der Waals surface area contributed by atoms with Crippen molar-refractivity contribution in [3.8, 4) is 11.1 Å². The third-order valence-corrected chi connectivity index (χ3v) is 6.41. The SMILES string of the molecule is Cc1cc(N2CCC(N(C)C)C2)ccc1N(C)C(=O)c1ccc(-c2ccc(F)cc2)cc1. The maximum absolute atomic E-state index is 13.2. The molecule has 3 aromatic rings. The zero-order valence-corrected chi connectivity index (χ0v) is 19.2. The molecule has 1 atom stereocenters. The van der Waals surface area contributed by atoms with Crippen molar-refractivity contribution in [3.05, 3.63) is 83.7 Å². The first kappa shape index (κ1) is 22.0. The number of amides is 1. The van der Waals surface area contributed by atoms with Crippen LogP contribution in [0.15, 0.2) is 66.7 Å². The fourth-order valence-electron chi connectivity index (χ4n) is 4.36. The van der Waals surface area contributed by atoms with E-state index in [0.717, 1.165) is 35.5 Å². The van der Waals surface area contributed by atoms with Crippen molar-refractivity contribution in [1.29, 1.82) is 0 Å². The van der Waals surface area contributed by atoms with Gasteiger partial charge in [-0.1, -0.05) is 24.3 Å². The highest BCUT2D eigenvalue weighted by atomic mass is 19.1. The van der Waals surface area contributed by atoms with Crippen LogP contribution in [0.5, 0.6) is 0 Å². The normalized spacial score (nSPS) is 15.9. The molecule has 1 aliphatic heterocycles. The van der Waals surface area contributed by atoms with E-state index in [2.05, 4.69) is 43.0 Å². The molecule has 4 rings (SSSR count). The molecule has 0 radical (unpaired) electrons. The van der Waals surface area contributed by atoms with E-state index in [9.17, 15) is 9.18 Å². The minimum absolute atomic E-state index is 0.0552. The molecule has 1 amide bonds. The van der Waals surface area contributed by atoms with Crippen LogP contribution in [-0.2, 0) is 0 Å². The first-order valence-electron chi connectivity index (χ1n) is 11.0. The van der Waals surface area contributed by atoms with Gasteiger partial charge in [0.25, 0.3) is 5.91 Å². The van der Waals surface area contributed by atoms with Crippen LogP contribution in [-0.4, -0.2) is 51.1 Å². The maximum Gasteiger partial charge on any atom is 0.258 e. The lowest BCUT2D eigenvalue weighted by atomic mass is 10.0. The third-order valence-electron chi connectivity index (χ3n) is 6.41. The first-order chi connectivity index (χ1) is 15.3. The number of carbonyl (C=O) groups excluding carboxylic acids is 1. The average Bonchev–Trinajstić information content (AvgIpc) is 3.30. The maximum atomic E-state index is 13.2. The van der Waals surface area contributed by atoms with E-state index >= 15 is 0 Å². The Bertz CT molecular complexity index is 1090. The number of nitrogens with zero attached hydrogens (tertiary/aromatic N) is 3. The summed E-state index contributed by atoms with van der Waals surface area (Å²) in [6.45, 7) is 4.14. The minimum Gasteiger partial charge on any atom is -0.370 e. The Morgan fingerprint density at radius 2 is 1.56 bits per heavy atom. The number of halogens is 1. The molecule has 1 heterocycles. The highest BCUT2D eigenvalue weighted by Gasteiger charge is 2.25. The number of carbonyl (C=O) groups is 1. The van der Waals surface area contributed by atoms with E-state index in [4.69, 9.17) is 0 Å². The van der Waals surface area contributed by atoms with Crippen LogP contribution in [0.3, 0.4) is 0 Å². The van der Waals surface area contributed by atoms with Gasteiger partial charge < -0.3 is 14.7 Å². The second-order valence-electron chi connectivity index (χ2n) is 8.77. The van der Waals surface area contributed by atoms with Crippen LogP contribution in [0.2, 0.25) is 0 Å². The molecule has 3 aromatic carbocycles. The molecule has 1 unspecified atom stereocenters. The summed E-state index contributed by atoms with van der Waals surface area (Å²) in [6.07, 6.45) is 1.17. The van der Waals surface area contributed by atoms with Crippen LogP contribution in [0.25, 0.3) is 11.1 Å². The molecule has 0 aliphatic carbocycles. The fraction of sp³-hybridized carbons (Fsp3) is 0.296. The van der Waals surface area contributed by atoms with Crippen LogP contribution >= 0.6 is 0 Å². The molecular formula is C27H30FN3O. The minimum atomic E-state index is -0.259. The molecule has 1 saturated heterocycles. The van der Waals surface area contributed by atoms with Gasteiger partial charge in [0.1, 0.15) is 5.82 Å². The van der Waals surface area contributed by atoms with E-state index < -0.39 is 0 Å². The van der Waals surface area contributed by atoms with E-state index in [-0.39, 0.29) is 11.7 Å². The van der Waals surface area contributed by atoms with Crippen molar-refractivity contribution in [3.63, 3.8) is 0 Å². The summed E-state index contributed by atoms with van der Waals surface area (Å²) >= 11 is 0. The summed E-state index contributed by atoms with van der Waals surface area (Å²) in [5.41, 5.74) is 5.68. The number of likely N-dealkylation sites (N-methyl/N-ethyl adjacent to an activating group) is 1. The Labute approximate surface area is 189 Å². The van der Waals surface area contributed by atoms with Crippen molar-refractivity contribution in [2.75, 3.05) is 44.0 Å². The predicted molar refractivity (Wildman–Crippen MR) is 130 cm³/mol. The topological polar surface area (TPSA) is 26.8 Å².